The molecular weight excluding hydrogens is 235 g/mol. The third-order valence-corrected chi connectivity index (χ3v) is 2.10. The Kier molecular flexibility index (Phi) is 4.06. The predicted octanol–water partition coefficient (Wildman–Crippen LogP) is 1.78. The van der Waals surface area contributed by atoms with Crippen LogP contribution in [0.25, 0.3) is 0 Å². The molecule has 1 atom stereocenters. The molecule has 0 aliphatic rings. The second kappa shape index (κ2) is 5.13. The summed E-state index contributed by atoms with van der Waals surface area (Å²) in [5.41, 5.74) is 4.63. The van der Waals surface area contributed by atoms with Gasteiger partial charge in [0.15, 0.2) is 0 Å². The van der Waals surface area contributed by atoms with Gasteiger partial charge >= 0.3 is 6.18 Å². The van der Waals surface area contributed by atoms with Crippen LogP contribution in [0.2, 0.25) is 0 Å². The summed E-state index contributed by atoms with van der Waals surface area (Å²) in [5, 5.41) is 2.38. The Bertz CT molecular complexity index is 389. The first-order valence-electron chi connectivity index (χ1n) is 4.94. The maximum Gasteiger partial charge on any atom is 0.433 e. The topological polar surface area (TPSA) is 68.0 Å². The number of anilines is 1. The van der Waals surface area contributed by atoms with Gasteiger partial charge in [-0.15, -0.1) is 0 Å². The van der Waals surface area contributed by atoms with E-state index < -0.39 is 23.8 Å². The van der Waals surface area contributed by atoms with Crippen molar-refractivity contribution in [2.75, 3.05) is 5.32 Å². The fraction of sp³-hybridized carbons (Fsp3) is 0.400. The molecule has 0 aliphatic carbocycles. The number of hydrogen-bond donors (Lipinski definition) is 2. The Labute approximate surface area is 96.0 Å². The summed E-state index contributed by atoms with van der Waals surface area (Å²) in [6, 6.07) is 1.25. The molecule has 1 heterocycles. The van der Waals surface area contributed by atoms with Crippen LogP contribution in [-0.4, -0.2) is 16.9 Å². The van der Waals surface area contributed by atoms with Crippen molar-refractivity contribution in [2.24, 2.45) is 5.73 Å². The van der Waals surface area contributed by atoms with E-state index in [1.165, 1.54) is 0 Å². The van der Waals surface area contributed by atoms with Crippen LogP contribution in [0.3, 0.4) is 0 Å². The first-order chi connectivity index (χ1) is 7.84. The van der Waals surface area contributed by atoms with Crippen molar-refractivity contribution in [1.82, 2.24) is 4.98 Å². The van der Waals surface area contributed by atoms with Gasteiger partial charge in [-0.3, -0.25) is 4.79 Å². The lowest BCUT2D eigenvalue weighted by atomic mass is 10.2. The fourth-order valence-corrected chi connectivity index (χ4v) is 1.06. The monoisotopic (exact) mass is 247 g/mol. The fourth-order valence-electron chi connectivity index (χ4n) is 1.06. The molecule has 0 radical (unpaired) electrons. The molecule has 17 heavy (non-hydrogen) atoms. The van der Waals surface area contributed by atoms with E-state index in [4.69, 9.17) is 5.73 Å². The Balaban J connectivity index is 2.73. The lowest BCUT2D eigenvalue weighted by Crippen LogP contribution is -2.34. The first-order valence-corrected chi connectivity index (χ1v) is 4.94. The summed E-state index contributed by atoms with van der Waals surface area (Å²) in [4.78, 5) is 14.5. The number of nitrogens with zero attached hydrogens (tertiary/aromatic N) is 1. The van der Waals surface area contributed by atoms with Crippen LogP contribution < -0.4 is 11.1 Å². The summed E-state index contributed by atoms with van der Waals surface area (Å²) in [7, 11) is 0. The number of nitrogens with two attached hydrogens (primary N) is 1. The van der Waals surface area contributed by atoms with Gasteiger partial charge in [0.1, 0.15) is 5.69 Å². The highest BCUT2D eigenvalue weighted by Gasteiger charge is 2.32. The van der Waals surface area contributed by atoms with Crippen LogP contribution >= 0.6 is 0 Å². The van der Waals surface area contributed by atoms with E-state index >= 15 is 0 Å². The smallest absolute Gasteiger partial charge is 0.323 e. The Hall–Kier alpha value is -1.63. The van der Waals surface area contributed by atoms with Crippen LogP contribution in [0.4, 0.5) is 18.9 Å². The van der Waals surface area contributed by atoms with Crippen LogP contribution in [0.15, 0.2) is 18.3 Å². The molecule has 0 saturated heterocycles. The standard InChI is InChI=1S/C10H12F3N3O/c1-2-7(14)9(17)16-6-3-4-8(15-5-6)10(11,12)13/h3-5,7H,2,14H2,1H3,(H,16,17)/t7-/m1/s1. The molecule has 4 nitrogen and oxygen atoms in total. The van der Waals surface area contributed by atoms with E-state index in [2.05, 4.69) is 10.3 Å². The minimum absolute atomic E-state index is 0.187. The maximum absolute atomic E-state index is 12.2. The quantitative estimate of drug-likeness (QED) is 0.855. The van der Waals surface area contributed by atoms with Crippen molar-refractivity contribution in [2.45, 2.75) is 25.6 Å². The average Bonchev–Trinajstić information content (AvgIpc) is 2.27. The zero-order chi connectivity index (χ0) is 13.1. The van der Waals surface area contributed by atoms with Gasteiger partial charge in [0.25, 0.3) is 0 Å². The molecule has 0 saturated carbocycles. The van der Waals surface area contributed by atoms with Crippen LogP contribution in [0.5, 0.6) is 0 Å². The number of amides is 1. The highest BCUT2D eigenvalue weighted by molar-refractivity contribution is 5.94. The number of pyridine rings is 1. The molecule has 0 fully saturated rings. The number of aromatic nitrogens is 1. The predicted molar refractivity (Wildman–Crippen MR) is 56.1 cm³/mol. The van der Waals surface area contributed by atoms with Gasteiger partial charge in [0.2, 0.25) is 5.91 Å². The molecule has 3 N–H and O–H groups in total. The molecule has 1 aromatic rings. The van der Waals surface area contributed by atoms with E-state index in [1.807, 2.05) is 0 Å². The van der Waals surface area contributed by atoms with Crippen molar-refractivity contribution in [3.8, 4) is 0 Å². The Morgan fingerprint density at radius 3 is 2.59 bits per heavy atom. The van der Waals surface area contributed by atoms with Crippen molar-refractivity contribution >= 4 is 11.6 Å². The average molecular weight is 247 g/mol. The maximum atomic E-state index is 12.2. The number of alkyl halides is 3. The van der Waals surface area contributed by atoms with E-state index in [9.17, 15) is 18.0 Å². The molecule has 0 spiro atoms. The normalized spacial score (nSPS) is 13.2. The van der Waals surface area contributed by atoms with Gasteiger partial charge < -0.3 is 11.1 Å². The highest BCUT2D eigenvalue weighted by Crippen LogP contribution is 2.27. The first kappa shape index (κ1) is 13.4. The summed E-state index contributed by atoms with van der Waals surface area (Å²) >= 11 is 0. The number of carbonyl (C=O) groups is 1. The zero-order valence-corrected chi connectivity index (χ0v) is 9.08. The SMILES string of the molecule is CC[C@@H](N)C(=O)Nc1ccc(C(F)(F)F)nc1. The molecule has 0 unspecified atom stereocenters. The van der Waals surface area contributed by atoms with Crippen LogP contribution in [0, 0.1) is 0 Å². The van der Waals surface area contributed by atoms with Crippen LogP contribution in [0.1, 0.15) is 19.0 Å². The van der Waals surface area contributed by atoms with Crippen molar-refractivity contribution in [3.05, 3.63) is 24.0 Å². The minimum Gasteiger partial charge on any atom is -0.323 e. The number of carbonyl (C=O) groups excluding carboxylic acids is 1. The van der Waals surface area contributed by atoms with Gasteiger partial charge in [-0.1, -0.05) is 6.92 Å². The third kappa shape index (κ3) is 3.70. The lowest BCUT2D eigenvalue weighted by molar-refractivity contribution is -0.141. The summed E-state index contributed by atoms with van der Waals surface area (Å²) < 4.78 is 36.6. The molecule has 1 aromatic heterocycles. The highest BCUT2D eigenvalue weighted by atomic mass is 19.4. The van der Waals surface area contributed by atoms with Gasteiger partial charge in [0, 0.05) is 0 Å². The molecular formula is C10H12F3N3O. The Morgan fingerprint density at radius 1 is 1.53 bits per heavy atom. The van der Waals surface area contributed by atoms with Crippen molar-refractivity contribution < 1.29 is 18.0 Å². The summed E-state index contributed by atoms with van der Waals surface area (Å²) in [6.07, 6.45) is -3.09. The summed E-state index contributed by atoms with van der Waals surface area (Å²) in [5.74, 6) is -0.450. The van der Waals surface area contributed by atoms with Gasteiger partial charge in [-0.25, -0.2) is 4.98 Å². The molecule has 1 rings (SSSR count). The number of nitrogens with one attached hydrogen (secondary N) is 1. The number of hydrogen-bond acceptors (Lipinski definition) is 3. The van der Waals surface area contributed by atoms with E-state index in [0.29, 0.717) is 6.42 Å². The van der Waals surface area contributed by atoms with E-state index in [-0.39, 0.29) is 5.69 Å². The van der Waals surface area contributed by atoms with E-state index in [1.54, 1.807) is 6.92 Å². The van der Waals surface area contributed by atoms with Gasteiger partial charge in [0.05, 0.1) is 17.9 Å². The second-order valence-electron chi connectivity index (χ2n) is 3.43. The van der Waals surface area contributed by atoms with Crippen molar-refractivity contribution in [1.29, 1.82) is 0 Å². The van der Waals surface area contributed by atoms with Gasteiger partial charge in [-0.05, 0) is 18.6 Å². The van der Waals surface area contributed by atoms with Crippen LogP contribution in [-0.2, 0) is 11.0 Å². The minimum atomic E-state index is -4.48. The largest absolute Gasteiger partial charge is 0.433 e. The van der Waals surface area contributed by atoms with E-state index in [0.717, 1.165) is 18.3 Å². The molecule has 94 valence electrons. The molecule has 1 amide bonds. The lowest BCUT2D eigenvalue weighted by Gasteiger charge is -2.10. The second-order valence-corrected chi connectivity index (χ2v) is 3.43. The third-order valence-electron chi connectivity index (χ3n) is 2.10. The molecule has 7 heteroatoms. The molecule has 0 bridgehead atoms. The molecule has 0 aliphatic heterocycles. The number of rotatable bonds is 3. The Morgan fingerprint density at radius 2 is 2.18 bits per heavy atom. The number of halogens is 3. The van der Waals surface area contributed by atoms with Crippen molar-refractivity contribution in [3.63, 3.8) is 0 Å². The molecule has 0 aromatic carbocycles. The zero-order valence-electron chi connectivity index (χ0n) is 9.08. The summed E-state index contributed by atoms with van der Waals surface area (Å²) in [6.45, 7) is 1.73. The van der Waals surface area contributed by atoms with Gasteiger partial charge in [-0.2, -0.15) is 13.2 Å².